The van der Waals surface area contributed by atoms with Crippen molar-refractivity contribution in [2.24, 2.45) is 5.73 Å². The van der Waals surface area contributed by atoms with Gasteiger partial charge in [-0.1, -0.05) is 12.2 Å². The zero-order chi connectivity index (χ0) is 13.0. The molecule has 0 radical (unpaired) electrons. The third kappa shape index (κ3) is 3.26. The Hall–Kier alpha value is -2.44. The molecule has 0 saturated heterocycles. The van der Waals surface area contributed by atoms with E-state index in [1.54, 1.807) is 0 Å². The number of anilines is 1. The lowest BCUT2D eigenvalue weighted by Gasteiger charge is -2.02. The first kappa shape index (κ1) is 12.6. The van der Waals surface area contributed by atoms with Gasteiger partial charge in [-0.3, -0.25) is 14.9 Å². The SMILES string of the molecule is NC(=O)CC=Cc1cc([N+](=O)[O-])cc(F)c1N. The number of hydrogen-bond acceptors (Lipinski definition) is 4. The van der Waals surface area contributed by atoms with Crippen molar-refractivity contribution in [3.05, 3.63) is 39.7 Å². The number of nitrogens with two attached hydrogens (primary N) is 2. The molecule has 0 aliphatic carbocycles. The van der Waals surface area contributed by atoms with E-state index in [-0.39, 0.29) is 17.7 Å². The molecule has 0 bridgehead atoms. The van der Waals surface area contributed by atoms with Crippen molar-refractivity contribution >= 4 is 23.4 Å². The maximum atomic E-state index is 13.2. The van der Waals surface area contributed by atoms with Crippen molar-refractivity contribution in [1.29, 1.82) is 0 Å². The molecule has 1 aromatic rings. The lowest BCUT2D eigenvalue weighted by molar-refractivity contribution is -0.385. The lowest BCUT2D eigenvalue weighted by atomic mass is 10.1. The van der Waals surface area contributed by atoms with E-state index in [1.807, 2.05) is 0 Å². The Bertz CT molecular complexity index is 500. The number of nitrogen functional groups attached to an aromatic ring is 1. The number of carbonyl (C=O) groups excluding carboxylic acids is 1. The van der Waals surface area contributed by atoms with Crippen molar-refractivity contribution in [2.75, 3.05) is 5.73 Å². The Morgan fingerprint density at radius 3 is 2.71 bits per heavy atom. The molecule has 0 unspecified atom stereocenters. The summed E-state index contributed by atoms with van der Waals surface area (Å²) in [7, 11) is 0. The summed E-state index contributed by atoms with van der Waals surface area (Å²) in [4.78, 5) is 20.2. The number of amides is 1. The molecule has 0 aliphatic rings. The van der Waals surface area contributed by atoms with E-state index in [4.69, 9.17) is 11.5 Å². The van der Waals surface area contributed by atoms with Crippen molar-refractivity contribution in [3.63, 3.8) is 0 Å². The van der Waals surface area contributed by atoms with Crippen LogP contribution in [-0.2, 0) is 4.79 Å². The van der Waals surface area contributed by atoms with Gasteiger partial charge >= 0.3 is 0 Å². The highest BCUT2D eigenvalue weighted by Crippen LogP contribution is 2.24. The average Bonchev–Trinajstić information content (AvgIpc) is 2.23. The largest absolute Gasteiger partial charge is 0.396 e. The standard InChI is InChI=1S/C10H10FN3O3/c11-8-5-7(14(16)17)4-6(10(8)13)2-1-3-9(12)15/h1-2,4-5H,3,13H2,(H2,12,15). The third-order valence-electron chi connectivity index (χ3n) is 1.97. The van der Waals surface area contributed by atoms with Gasteiger partial charge in [-0.15, -0.1) is 0 Å². The number of nitro groups is 1. The normalized spacial score (nSPS) is 10.6. The minimum absolute atomic E-state index is 0.0518. The molecule has 0 saturated carbocycles. The molecular formula is C10H10FN3O3. The number of carbonyl (C=O) groups is 1. The van der Waals surface area contributed by atoms with Crippen molar-refractivity contribution in [1.82, 2.24) is 0 Å². The van der Waals surface area contributed by atoms with Crippen LogP contribution in [-0.4, -0.2) is 10.8 Å². The maximum Gasteiger partial charge on any atom is 0.273 e. The molecule has 17 heavy (non-hydrogen) atoms. The number of nitro benzene ring substituents is 1. The molecule has 1 rings (SSSR count). The van der Waals surface area contributed by atoms with Crippen LogP contribution >= 0.6 is 0 Å². The van der Waals surface area contributed by atoms with Gasteiger partial charge in [0.15, 0.2) is 5.82 Å². The van der Waals surface area contributed by atoms with Crippen LogP contribution in [0.2, 0.25) is 0 Å². The van der Waals surface area contributed by atoms with Gasteiger partial charge in [0.1, 0.15) is 0 Å². The fourth-order valence-electron chi connectivity index (χ4n) is 1.17. The summed E-state index contributed by atoms with van der Waals surface area (Å²) in [6, 6.07) is 1.86. The first-order chi connectivity index (χ1) is 7.91. The summed E-state index contributed by atoms with van der Waals surface area (Å²) >= 11 is 0. The zero-order valence-electron chi connectivity index (χ0n) is 8.72. The predicted octanol–water partition coefficient (Wildman–Crippen LogP) is 1.20. The highest BCUT2D eigenvalue weighted by atomic mass is 19.1. The minimum atomic E-state index is -0.877. The first-order valence-corrected chi connectivity index (χ1v) is 4.60. The Morgan fingerprint density at radius 2 is 2.18 bits per heavy atom. The molecule has 0 aliphatic heterocycles. The van der Waals surface area contributed by atoms with Crippen LogP contribution in [0, 0.1) is 15.9 Å². The molecule has 0 heterocycles. The number of hydrogen-bond donors (Lipinski definition) is 2. The molecule has 90 valence electrons. The number of halogens is 1. The van der Waals surface area contributed by atoms with Crippen LogP contribution in [0.3, 0.4) is 0 Å². The van der Waals surface area contributed by atoms with Gasteiger partial charge in [-0.05, 0) is 0 Å². The van der Waals surface area contributed by atoms with Gasteiger partial charge in [-0.2, -0.15) is 0 Å². The lowest BCUT2D eigenvalue weighted by Crippen LogP contribution is -2.08. The second-order valence-corrected chi connectivity index (χ2v) is 3.26. The van der Waals surface area contributed by atoms with Gasteiger partial charge in [0.05, 0.1) is 16.7 Å². The number of primary amides is 1. The Balaban J connectivity index is 3.09. The van der Waals surface area contributed by atoms with Gasteiger partial charge in [0, 0.05) is 18.1 Å². The summed E-state index contributed by atoms with van der Waals surface area (Å²) in [6.45, 7) is 0. The molecular weight excluding hydrogens is 229 g/mol. The Morgan fingerprint density at radius 1 is 1.53 bits per heavy atom. The number of rotatable bonds is 4. The third-order valence-corrected chi connectivity index (χ3v) is 1.97. The van der Waals surface area contributed by atoms with Gasteiger partial charge < -0.3 is 11.5 Å². The van der Waals surface area contributed by atoms with Crippen molar-refractivity contribution in [2.45, 2.75) is 6.42 Å². The smallest absolute Gasteiger partial charge is 0.273 e. The molecule has 0 spiro atoms. The zero-order valence-corrected chi connectivity index (χ0v) is 8.72. The van der Waals surface area contributed by atoms with Crippen LogP contribution in [0.5, 0.6) is 0 Å². The molecule has 0 aromatic heterocycles. The second-order valence-electron chi connectivity index (χ2n) is 3.26. The summed E-state index contributed by atoms with van der Waals surface area (Å²) in [5.74, 6) is -1.44. The van der Waals surface area contributed by atoms with Crippen molar-refractivity contribution in [3.8, 4) is 0 Å². The van der Waals surface area contributed by atoms with E-state index < -0.39 is 22.3 Å². The Labute approximate surface area is 95.9 Å². The van der Waals surface area contributed by atoms with E-state index in [0.717, 1.165) is 12.1 Å². The topological polar surface area (TPSA) is 112 Å². The molecule has 1 amide bonds. The average molecular weight is 239 g/mol. The highest BCUT2D eigenvalue weighted by molar-refractivity contribution is 5.77. The summed E-state index contributed by atoms with van der Waals surface area (Å²) < 4.78 is 13.2. The molecule has 0 fully saturated rings. The van der Waals surface area contributed by atoms with Crippen LogP contribution in [0.4, 0.5) is 15.8 Å². The minimum Gasteiger partial charge on any atom is -0.396 e. The number of benzene rings is 1. The fourth-order valence-corrected chi connectivity index (χ4v) is 1.17. The molecule has 4 N–H and O–H groups in total. The van der Waals surface area contributed by atoms with Gasteiger partial charge in [0.2, 0.25) is 5.91 Å². The van der Waals surface area contributed by atoms with E-state index in [2.05, 4.69) is 0 Å². The summed E-state index contributed by atoms with van der Waals surface area (Å²) in [6.07, 6.45) is 2.62. The molecule has 7 heteroatoms. The van der Waals surface area contributed by atoms with Gasteiger partial charge in [-0.25, -0.2) is 4.39 Å². The van der Waals surface area contributed by atoms with E-state index in [1.165, 1.54) is 12.2 Å². The molecule has 0 atom stereocenters. The van der Waals surface area contributed by atoms with Crippen molar-refractivity contribution < 1.29 is 14.1 Å². The Kier molecular flexibility index (Phi) is 3.76. The quantitative estimate of drug-likeness (QED) is 0.467. The number of non-ortho nitro benzene ring substituents is 1. The monoisotopic (exact) mass is 239 g/mol. The van der Waals surface area contributed by atoms with E-state index >= 15 is 0 Å². The van der Waals surface area contributed by atoms with Crippen LogP contribution in [0.25, 0.3) is 6.08 Å². The van der Waals surface area contributed by atoms with E-state index in [0.29, 0.717) is 0 Å². The molecule has 1 aromatic carbocycles. The van der Waals surface area contributed by atoms with Gasteiger partial charge in [0.25, 0.3) is 5.69 Å². The van der Waals surface area contributed by atoms with Crippen LogP contribution < -0.4 is 11.5 Å². The first-order valence-electron chi connectivity index (χ1n) is 4.60. The summed E-state index contributed by atoms with van der Waals surface area (Å²) in [5.41, 5.74) is 9.82. The fraction of sp³-hybridized carbons (Fsp3) is 0.100. The maximum absolute atomic E-state index is 13.2. The second kappa shape index (κ2) is 5.06. The molecule has 6 nitrogen and oxygen atoms in total. The van der Waals surface area contributed by atoms with Crippen LogP contribution in [0.1, 0.15) is 12.0 Å². The van der Waals surface area contributed by atoms with Crippen LogP contribution in [0.15, 0.2) is 18.2 Å². The van der Waals surface area contributed by atoms with E-state index in [9.17, 15) is 19.3 Å². The number of nitrogens with zero attached hydrogens (tertiary/aromatic N) is 1. The highest BCUT2D eigenvalue weighted by Gasteiger charge is 2.12. The summed E-state index contributed by atoms with van der Waals surface area (Å²) in [5, 5.41) is 10.5. The predicted molar refractivity (Wildman–Crippen MR) is 60.3 cm³/mol.